The summed E-state index contributed by atoms with van der Waals surface area (Å²) in [5, 5.41) is 7.66. The predicted molar refractivity (Wildman–Crippen MR) is 113 cm³/mol. The van der Waals surface area contributed by atoms with Gasteiger partial charge in [0.05, 0.1) is 11.4 Å². The van der Waals surface area contributed by atoms with Gasteiger partial charge in [0.15, 0.2) is 0 Å². The highest BCUT2D eigenvalue weighted by atomic mass is 35.5. The molecule has 0 unspecified atom stereocenters. The molecule has 0 bridgehead atoms. The van der Waals surface area contributed by atoms with Crippen molar-refractivity contribution in [3.8, 4) is 0 Å². The number of hydrogen-bond acceptors (Lipinski definition) is 4. The number of halogens is 1. The fraction of sp³-hybridized carbons (Fsp3) is 0.550. The number of aromatic nitrogens is 2. The number of nitrogens with zero attached hydrogens (tertiary/aromatic N) is 3. The summed E-state index contributed by atoms with van der Waals surface area (Å²) in [6.07, 6.45) is 7.95. The van der Waals surface area contributed by atoms with Gasteiger partial charge < -0.3 is 5.32 Å². The highest BCUT2D eigenvalue weighted by Gasteiger charge is 2.29. The number of rotatable bonds is 8. The van der Waals surface area contributed by atoms with E-state index in [2.05, 4.69) is 17.3 Å². The first-order valence-corrected chi connectivity index (χ1v) is 11.6. The lowest BCUT2D eigenvalue weighted by atomic mass is 9.99. The van der Waals surface area contributed by atoms with Crippen LogP contribution in [-0.2, 0) is 23.6 Å². The molecule has 2 aromatic rings. The maximum Gasteiger partial charge on any atom is 0.281 e. The second kappa shape index (κ2) is 8.84. The van der Waals surface area contributed by atoms with Crippen LogP contribution in [0.2, 0.25) is 0 Å². The predicted octanol–water partition coefficient (Wildman–Crippen LogP) is 4.14. The monoisotopic (exact) mass is 424 g/mol. The molecule has 1 atom stereocenters. The summed E-state index contributed by atoms with van der Waals surface area (Å²) in [5.41, 5.74) is 1.74. The van der Waals surface area contributed by atoms with Crippen molar-refractivity contribution >= 4 is 27.5 Å². The lowest BCUT2D eigenvalue weighted by Crippen LogP contribution is -2.29. The Morgan fingerprint density at radius 3 is 2.64 bits per heavy atom. The molecule has 0 saturated heterocycles. The summed E-state index contributed by atoms with van der Waals surface area (Å²) >= 11 is 6.35. The average Bonchev–Trinajstić information content (AvgIpc) is 3.28. The van der Waals surface area contributed by atoms with E-state index in [0.29, 0.717) is 24.0 Å². The zero-order valence-electron chi connectivity index (χ0n) is 16.7. The van der Waals surface area contributed by atoms with Crippen molar-refractivity contribution in [1.29, 1.82) is 0 Å². The molecule has 6 nitrogen and oxygen atoms in total. The summed E-state index contributed by atoms with van der Waals surface area (Å²) in [4.78, 5) is 0.113. The lowest BCUT2D eigenvalue weighted by molar-refractivity contribution is 0.404. The normalized spacial score (nSPS) is 16.4. The number of benzene rings is 1. The number of anilines is 1. The van der Waals surface area contributed by atoms with E-state index >= 15 is 0 Å². The van der Waals surface area contributed by atoms with Crippen LogP contribution in [0.3, 0.4) is 0 Å². The molecule has 1 aliphatic rings. The summed E-state index contributed by atoms with van der Waals surface area (Å²) in [5.74, 6) is 0.802. The Hall–Kier alpha value is -1.57. The van der Waals surface area contributed by atoms with Crippen LogP contribution < -0.4 is 9.14 Å². The van der Waals surface area contributed by atoms with E-state index in [1.165, 1.54) is 36.6 Å². The third kappa shape index (κ3) is 4.70. The molecule has 1 aliphatic carbocycles. The van der Waals surface area contributed by atoms with E-state index in [1.807, 2.05) is 12.1 Å². The van der Waals surface area contributed by atoms with E-state index in [4.69, 9.17) is 11.8 Å². The third-order valence-electron chi connectivity index (χ3n) is 5.44. The van der Waals surface area contributed by atoms with Crippen molar-refractivity contribution in [1.82, 2.24) is 15.1 Å². The molecule has 3 rings (SSSR count). The summed E-state index contributed by atoms with van der Waals surface area (Å²) in [7, 11) is -2.21. The first-order valence-electron chi connectivity index (χ1n) is 9.81. The Morgan fingerprint density at radius 2 is 2.00 bits per heavy atom. The van der Waals surface area contributed by atoms with Gasteiger partial charge in [-0.2, -0.15) is 17.3 Å². The van der Waals surface area contributed by atoms with Gasteiger partial charge in [-0.25, -0.2) is 0 Å². The fourth-order valence-electron chi connectivity index (χ4n) is 3.99. The molecule has 1 heterocycles. The first kappa shape index (κ1) is 21.1. The molecule has 0 amide bonds. The molecular formula is C20H29ClN4O2S. The van der Waals surface area contributed by atoms with Gasteiger partial charge in [0.2, 0.25) is 0 Å². The number of hydrogen-bond donors (Lipinski definition) is 1. The Labute approximate surface area is 173 Å². The van der Waals surface area contributed by atoms with Gasteiger partial charge in [-0.3, -0.25) is 4.68 Å². The van der Waals surface area contributed by atoms with Crippen molar-refractivity contribution < 1.29 is 8.42 Å². The van der Waals surface area contributed by atoms with Crippen LogP contribution in [0.5, 0.6) is 0 Å². The van der Waals surface area contributed by atoms with Gasteiger partial charge in [0, 0.05) is 37.6 Å². The molecule has 28 heavy (non-hydrogen) atoms. The Balaban J connectivity index is 1.74. The molecule has 8 heteroatoms. The summed E-state index contributed by atoms with van der Waals surface area (Å²) < 4.78 is 28.3. The standard InChI is InChI=1S/C20H29ClN4O2S/c1-15(12-17-8-4-5-9-17)22-13-18-10-6-7-11-19(18)25(21)28(26,27)20-14-24(3)23-16(20)2/h6-7,10-11,14-15,17,22H,4-5,8-9,12-13H2,1-3H3/t15-/m0/s1. The fourth-order valence-corrected chi connectivity index (χ4v) is 5.69. The lowest BCUT2D eigenvalue weighted by Gasteiger charge is -2.21. The van der Waals surface area contributed by atoms with Crippen molar-refractivity contribution in [2.45, 2.75) is 63.4 Å². The molecule has 0 radical (unpaired) electrons. The largest absolute Gasteiger partial charge is 0.310 e. The minimum absolute atomic E-state index is 0.113. The highest BCUT2D eigenvalue weighted by molar-refractivity contribution is 7.94. The Bertz CT molecular complexity index is 907. The van der Waals surface area contributed by atoms with Crippen LogP contribution in [0.4, 0.5) is 5.69 Å². The van der Waals surface area contributed by atoms with E-state index in [1.54, 1.807) is 26.1 Å². The van der Waals surface area contributed by atoms with Crippen LogP contribution in [0.25, 0.3) is 0 Å². The smallest absolute Gasteiger partial charge is 0.281 e. The zero-order valence-corrected chi connectivity index (χ0v) is 18.3. The number of para-hydroxylation sites is 1. The van der Waals surface area contributed by atoms with Gasteiger partial charge >= 0.3 is 0 Å². The van der Waals surface area contributed by atoms with Crippen molar-refractivity contribution in [2.75, 3.05) is 3.82 Å². The SMILES string of the molecule is Cc1nn(C)cc1S(=O)(=O)N(Cl)c1ccccc1CN[C@@H](C)CC1CCCC1. The first-order chi connectivity index (χ1) is 13.3. The molecule has 1 fully saturated rings. The molecule has 154 valence electrons. The van der Waals surface area contributed by atoms with Crippen LogP contribution in [0.15, 0.2) is 35.4 Å². The molecule has 1 aromatic heterocycles. The minimum Gasteiger partial charge on any atom is -0.310 e. The Morgan fingerprint density at radius 1 is 1.32 bits per heavy atom. The van der Waals surface area contributed by atoms with Crippen LogP contribution >= 0.6 is 11.8 Å². The molecular weight excluding hydrogens is 396 g/mol. The third-order valence-corrected chi connectivity index (χ3v) is 7.74. The van der Waals surface area contributed by atoms with Gasteiger partial charge in [-0.05, 0) is 37.8 Å². The van der Waals surface area contributed by atoms with Crippen molar-refractivity contribution in [2.24, 2.45) is 13.0 Å². The van der Waals surface area contributed by atoms with Gasteiger partial charge in [-0.15, -0.1) is 0 Å². The molecule has 0 spiro atoms. The second-order valence-corrected chi connectivity index (χ2v) is 10.1. The second-order valence-electron chi connectivity index (χ2n) is 7.77. The summed E-state index contributed by atoms with van der Waals surface area (Å²) in [6, 6.07) is 7.70. The maximum atomic E-state index is 13.0. The minimum atomic E-state index is -3.89. The Kier molecular flexibility index (Phi) is 6.68. The van der Waals surface area contributed by atoms with E-state index < -0.39 is 10.0 Å². The van der Waals surface area contributed by atoms with E-state index in [-0.39, 0.29) is 4.90 Å². The molecule has 0 aliphatic heterocycles. The maximum absolute atomic E-state index is 13.0. The quantitative estimate of drug-likeness (QED) is 0.647. The van der Waals surface area contributed by atoms with Crippen molar-refractivity contribution in [3.05, 3.63) is 41.7 Å². The van der Waals surface area contributed by atoms with E-state index in [0.717, 1.165) is 21.7 Å². The van der Waals surface area contributed by atoms with Crippen LogP contribution in [0.1, 0.15) is 50.3 Å². The van der Waals surface area contributed by atoms with Crippen LogP contribution in [-0.4, -0.2) is 24.2 Å². The number of aryl methyl sites for hydroxylation is 2. The summed E-state index contributed by atoms with van der Waals surface area (Å²) in [6.45, 7) is 4.42. The molecule has 1 N–H and O–H groups in total. The van der Waals surface area contributed by atoms with Gasteiger partial charge in [0.25, 0.3) is 10.0 Å². The average molecular weight is 425 g/mol. The van der Waals surface area contributed by atoms with Crippen molar-refractivity contribution in [3.63, 3.8) is 0 Å². The molecule has 1 aromatic carbocycles. The number of nitrogens with one attached hydrogen (secondary N) is 1. The number of sulfonamides is 1. The van der Waals surface area contributed by atoms with Gasteiger partial charge in [0.1, 0.15) is 4.90 Å². The zero-order chi connectivity index (χ0) is 20.3. The topological polar surface area (TPSA) is 67.2 Å². The highest BCUT2D eigenvalue weighted by Crippen LogP contribution is 2.31. The van der Waals surface area contributed by atoms with Gasteiger partial charge in [-0.1, -0.05) is 43.9 Å². The molecule has 1 saturated carbocycles. The van der Waals surface area contributed by atoms with Crippen LogP contribution in [0, 0.1) is 12.8 Å². The van der Waals surface area contributed by atoms with E-state index in [9.17, 15) is 8.42 Å².